The molecule has 2 fully saturated rings. The second-order valence-electron chi connectivity index (χ2n) is 14.5. The van der Waals surface area contributed by atoms with Gasteiger partial charge in [-0.05, 0) is 90.6 Å². The van der Waals surface area contributed by atoms with E-state index in [1.807, 2.05) is 110 Å². The van der Waals surface area contributed by atoms with Crippen LogP contribution in [0.1, 0.15) is 55.2 Å². The van der Waals surface area contributed by atoms with Gasteiger partial charge in [-0.3, -0.25) is 9.59 Å². The van der Waals surface area contributed by atoms with E-state index >= 15 is 0 Å². The Hall–Kier alpha value is -5.75. The Labute approximate surface area is 359 Å². The molecule has 1 saturated carbocycles. The Morgan fingerprint density at radius 1 is 0.644 bits per heavy atom. The normalized spacial score (nSPS) is 17.6. The van der Waals surface area contributed by atoms with E-state index in [1.165, 1.54) is 12.0 Å². The molecule has 0 spiro atoms. The van der Waals surface area contributed by atoms with E-state index in [0.29, 0.717) is 26.1 Å². The van der Waals surface area contributed by atoms with E-state index in [4.69, 9.17) is 40.8 Å². The molecule has 4 aromatic heterocycles. The number of nitrogens with zero attached hydrogens (tertiary/aromatic N) is 9. The Morgan fingerprint density at radius 2 is 1.12 bits per heavy atom. The summed E-state index contributed by atoms with van der Waals surface area (Å²) in [4.78, 5) is 46.3. The van der Waals surface area contributed by atoms with Gasteiger partial charge in [0.1, 0.15) is 23.3 Å². The Kier molecular flexibility index (Phi) is 15.1. The SMILES string of the molecule is C1=C[N-]C(N(Cc2cc(CN(c3ccccn3)c3ccccn3)cc(CN(c3ccccn3)c3ccccn3)c2)C2CCCC[N-]2)C=C1.O=C(O)C1(C(=O)O)CCC1.[Pt+2]. The van der Waals surface area contributed by atoms with Gasteiger partial charge >= 0.3 is 33.0 Å². The van der Waals surface area contributed by atoms with Crippen molar-refractivity contribution >= 4 is 35.2 Å². The number of hydrogen-bond donors (Lipinski definition) is 2. The number of aromatic nitrogens is 4. The molecule has 8 rings (SSSR count). The molecule has 2 unspecified atom stereocenters. The average molecular weight is 973 g/mol. The maximum Gasteiger partial charge on any atom is 2.00 e. The van der Waals surface area contributed by atoms with Crippen LogP contribution in [0.25, 0.3) is 10.6 Å². The van der Waals surface area contributed by atoms with Gasteiger partial charge < -0.3 is 35.5 Å². The Balaban J connectivity index is 0.000000467. The van der Waals surface area contributed by atoms with Crippen molar-refractivity contribution in [3.63, 3.8) is 0 Å². The van der Waals surface area contributed by atoms with Crippen molar-refractivity contribution in [2.45, 2.75) is 70.5 Å². The third kappa shape index (κ3) is 10.9. The van der Waals surface area contributed by atoms with Crippen LogP contribution in [0.5, 0.6) is 0 Å². The summed E-state index contributed by atoms with van der Waals surface area (Å²) in [5.41, 5.74) is 2.06. The summed E-state index contributed by atoms with van der Waals surface area (Å²) in [7, 11) is 0. The van der Waals surface area contributed by atoms with Crippen LogP contribution in [0.4, 0.5) is 23.3 Å². The molecule has 306 valence electrons. The smallest absolute Gasteiger partial charge is 0.673 e. The van der Waals surface area contributed by atoms with Crippen LogP contribution in [0.2, 0.25) is 0 Å². The number of carboxylic acids is 2. The van der Waals surface area contributed by atoms with Crippen molar-refractivity contribution in [3.8, 4) is 0 Å². The van der Waals surface area contributed by atoms with E-state index in [0.717, 1.165) is 53.8 Å². The molecule has 1 aliphatic carbocycles. The maximum absolute atomic E-state index is 10.4. The number of allylic oxidation sites excluding steroid dienone is 2. The first-order valence-corrected chi connectivity index (χ1v) is 19.6. The molecular weight excluding hydrogens is 926 g/mol. The van der Waals surface area contributed by atoms with Gasteiger partial charge in [0.05, 0.1) is 13.1 Å². The van der Waals surface area contributed by atoms with Gasteiger partial charge in [-0.2, -0.15) is 6.20 Å². The molecule has 2 aliphatic heterocycles. The minimum absolute atomic E-state index is 0. The van der Waals surface area contributed by atoms with Crippen molar-refractivity contribution in [1.82, 2.24) is 24.8 Å². The predicted molar refractivity (Wildman–Crippen MR) is 223 cm³/mol. The van der Waals surface area contributed by atoms with E-state index in [1.54, 1.807) is 0 Å². The van der Waals surface area contributed by atoms with Gasteiger partial charge in [0, 0.05) is 31.3 Å². The van der Waals surface area contributed by atoms with E-state index in [9.17, 15) is 9.59 Å². The monoisotopic (exact) mass is 972 g/mol. The molecular formula is C45H47N9O4Pt. The fourth-order valence-corrected chi connectivity index (χ4v) is 7.36. The van der Waals surface area contributed by atoms with Crippen molar-refractivity contribution in [2.75, 3.05) is 16.3 Å². The van der Waals surface area contributed by atoms with Crippen LogP contribution in [-0.4, -0.2) is 65.9 Å². The number of carboxylic acid groups (broad SMARTS) is 2. The minimum Gasteiger partial charge on any atom is -0.673 e. The third-order valence-electron chi connectivity index (χ3n) is 10.5. The first-order chi connectivity index (χ1) is 28.4. The van der Waals surface area contributed by atoms with Crippen LogP contribution in [-0.2, 0) is 50.3 Å². The van der Waals surface area contributed by atoms with Gasteiger partial charge in [0.15, 0.2) is 5.41 Å². The second kappa shape index (κ2) is 20.8. The zero-order valence-corrected chi connectivity index (χ0v) is 34.8. The number of aliphatic carboxylic acids is 2. The van der Waals surface area contributed by atoms with E-state index in [-0.39, 0.29) is 46.2 Å². The third-order valence-corrected chi connectivity index (χ3v) is 10.5. The molecule has 1 aromatic carbocycles. The second-order valence-corrected chi connectivity index (χ2v) is 14.5. The summed E-state index contributed by atoms with van der Waals surface area (Å²) in [6.07, 6.45) is 20.1. The first-order valence-electron chi connectivity index (χ1n) is 19.6. The fourth-order valence-electron chi connectivity index (χ4n) is 7.36. The summed E-state index contributed by atoms with van der Waals surface area (Å²) >= 11 is 0. The molecule has 14 heteroatoms. The standard InChI is InChI=1S/C39H39N9.C6H8O4.Pt/c1-7-19-40-34(13-1)46(35-14-2-8-20-41-35)28-31-25-32(29-47(36-15-3-9-21-42-36)37-16-4-10-22-43-37)27-33(26-31)30-48(38-17-5-11-23-44-38)39-18-6-12-24-45-39;7-4(8)6(5(9)10)2-1-3-6;/h1-5,7-11,13-17,19-23,25-27,38-39H,6,12,18,24,28-30H2;1-3H2,(H,7,8)(H,9,10);/q-2;;+2. The Morgan fingerprint density at radius 3 is 1.44 bits per heavy atom. The van der Waals surface area contributed by atoms with Crippen molar-refractivity contribution in [3.05, 3.63) is 168 Å². The van der Waals surface area contributed by atoms with Gasteiger partial charge in [0.25, 0.3) is 0 Å². The van der Waals surface area contributed by atoms with Crippen molar-refractivity contribution in [2.24, 2.45) is 5.41 Å². The Bertz CT molecular complexity index is 1960. The molecule has 59 heavy (non-hydrogen) atoms. The van der Waals surface area contributed by atoms with Crippen molar-refractivity contribution < 1.29 is 40.9 Å². The molecule has 6 heterocycles. The fraction of sp³-hybridized carbons (Fsp3) is 0.289. The van der Waals surface area contributed by atoms with E-state index < -0.39 is 17.4 Å². The minimum atomic E-state index is -1.44. The van der Waals surface area contributed by atoms with Crippen LogP contribution in [0.15, 0.2) is 140 Å². The number of benzene rings is 1. The predicted octanol–water partition coefficient (Wildman–Crippen LogP) is 8.74. The molecule has 0 radical (unpaired) electrons. The number of rotatable bonds is 14. The summed E-state index contributed by atoms with van der Waals surface area (Å²) < 4.78 is 0. The molecule has 13 nitrogen and oxygen atoms in total. The number of carbonyl (C=O) groups is 2. The van der Waals surface area contributed by atoms with Crippen LogP contribution >= 0.6 is 0 Å². The molecule has 3 aliphatic rings. The van der Waals surface area contributed by atoms with Gasteiger partial charge in [-0.15, -0.1) is 6.54 Å². The summed E-state index contributed by atoms with van der Waals surface area (Å²) in [6.45, 7) is 2.78. The number of hydrogen-bond acceptors (Lipinski definition) is 9. The molecule has 2 N–H and O–H groups in total. The average Bonchev–Trinajstić information content (AvgIpc) is 3.25. The summed E-state index contributed by atoms with van der Waals surface area (Å²) in [5.74, 6) is 0.955. The number of piperidine rings is 1. The summed E-state index contributed by atoms with van der Waals surface area (Å²) in [6, 6.07) is 30.8. The van der Waals surface area contributed by atoms with Crippen LogP contribution < -0.4 is 9.80 Å². The zero-order valence-electron chi connectivity index (χ0n) is 32.6. The van der Waals surface area contributed by atoms with Crippen molar-refractivity contribution in [1.29, 1.82) is 0 Å². The first kappa shape index (κ1) is 42.8. The van der Waals surface area contributed by atoms with Crippen LogP contribution in [0, 0.1) is 5.41 Å². The number of anilines is 4. The molecule has 1 saturated heterocycles. The zero-order chi connectivity index (χ0) is 40.2. The topological polar surface area (TPSA) is 164 Å². The van der Waals surface area contributed by atoms with E-state index in [2.05, 4.69) is 45.1 Å². The molecule has 0 amide bonds. The molecule has 0 bridgehead atoms. The molecule has 2 atom stereocenters. The molecule has 5 aromatic rings. The van der Waals surface area contributed by atoms with Gasteiger partial charge in [0.2, 0.25) is 0 Å². The maximum atomic E-state index is 10.4. The van der Waals surface area contributed by atoms with Crippen LogP contribution in [0.3, 0.4) is 0 Å². The van der Waals surface area contributed by atoms with Gasteiger partial charge in [-0.1, -0.05) is 86.1 Å². The summed E-state index contributed by atoms with van der Waals surface area (Å²) in [5, 5.41) is 26.9. The van der Waals surface area contributed by atoms with Gasteiger partial charge in [-0.25, -0.2) is 19.9 Å². The largest absolute Gasteiger partial charge is 2.00 e. The number of pyridine rings is 4. The quantitative estimate of drug-likeness (QED) is 0.102.